The van der Waals surface area contributed by atoms with E-state index in [1.54, 1.807) is 0 Å². The molecule has 3 saturated heterocycles. The highest BCUT2D eigenvalue weighted by atomic mass is 15.5. The molecular weight excluding hydrogens is 174 g/mol. The molecule has 0 aromatic carbocycles. The summed E-state index contributed by atoms with van der Waals surface area (Å²) in [7, 11) is 0. The molecular formula is C11H25N3+2. The number of quaternary nitrogens is 2. The molecule has 0 radical (unpaired) electrons. The van der Waals surface area contributed by atoms with Crippen LogP contribution in [0.3, 0.4) is 0 Å². The Morgan fingerprint density at radius 2 is 1.43 bits per heavy atom. The minimum absolute atomic E-state index is 0.869. The Morgan fingerprint density at radius 3 is 1.86 bits per heavy atom. The monoisotopic (exact) mass is 199 g/mol. The molecule has 14 heavy (non-hydrogen) atoms. The van der Waals surface area contributed by atoms with Crippen LogP contribution in [0.4, 0.5) is 0 Å². The van der Waals surface area contributed by atoms with Crippen molar-refractivity contribution in [1.29, 1.82) is 0 Å². The summed E-state index contributed by atoms with van der Waals surface area (Å²) in [6, 6.07) is 0. The van der Waals surface area contributed by atoms with Gasteiger partial charge in [0, 0.05) is 6.42 Å². The van der Waals surface area contributed by atoms with E-state index >= 15 is 0 Å². The molecule has 2 N–H and O–H groups in total. The van der Waals surface area contributed by atoms with Crippen LogP contribution in [0.25, 0.3) is 0 Å². The fourth-order valence-corrected chi connectivity index (χ4v) is 3.18. The van der Waals surface area contributed by atoms with E-state index in [9.17, 15) is 0 Å². The van der Waals surface area contributed by atoms with E-state index in [0.29, 0.717) is 0 Å². The highest BCUT2D eigenvalue weighted by molar-refractivity contribution is 4.61. The van der Waals surface area contributed by atoms with Gasteiger partial charge in [-0.1, -0.05) is 0 Å². The van der Waals surface area contributed by atoms with Crippen molar-refractivity contribution in [3.05, 3.63) is 0 Å². The summed E-state index contributed by atoms with van der Waals surface area (Å²) in [5.74, 6) is 0. The fraction of sp³-hybridized carbons (Fsp3) is 1.00. The van der Waals surface area contributed by atoms with E-state index in [1.165, 1.54) is 67.7 Å². The van der Waals surface area contributed by atoms with E-state index in [4.69, 9.17) is 5.73 Å². The van der Waals surface area contributed by atoms with Crippen LogP contribution in [0, 0.1) is 0 Å². The number of likely N-dealkylation sites (N-methyl/N-ethyl adjacent to an activating group) is 1. The first-order valence-corrected chi connectivity index (χ1v) is 6.15. The summed E-state index contributed by atoms with van der Waals surface area (Å²) in [6.07, 6.45) is 1.21. The Labute approximate surface area is 87.7 Å². The van der Waals surface area contributed by atoms with Gasteiger partial charge >= 0.3 is 0 Å². The third-order valence-corrected chi connectivity index (χ3v) is 4.65. The van der Waals surface area contributed by atoms with Gasteiger partial charge in [-0.15, -0.1) is 0 Å². The molecule has 3 aliphatic heterocycles. The highest BCUT2D eigenvalue weighted by Crippen LogP contribution is 2.26. The second-order valence-electron chi connectivity index (χ2n) is 5.21. The zero-order chi connectivity index (χ0) is 10.1. The number of nitrogens with zero attached hydrogens (tertiary/aromatic N) is 2. The van der Waals surface area contributed by atoms with Gasteiger partial charge < -0.3 is 14.7 Å². The molecule has 0 saturated carbocycles. The van der Waals surface area contributed by atoms with Crippen molar-refractivity contribution in [2.75, 3.05) is 58.9 Å². The maximum Gasteiger partial charge on any atom is 0.129 e. The number of hydrogen-bond acceptors (Lipinski definition) is 1. The van der Waals surface area contributed by atoms with Crippen LogP contribution in [0.5, 0.6) is 0 Å². The maximum absolute atomic E-state index is 5.61. The Kier molecular flexibility index (Phi) is 2.82. The lowest BCUT2D eigenvalue weighted by Gasteiger charge is -2.55. The van der Waals surface area contributed by atoms with Crippen LogP contribution >= 0.6 is 0 Å². The first kappa shape index (κ1) is 10.4. The van der Waals surface area contributed by atoms with Crippen molar-refractivity contribution in [2.24, 2.45) is 5.73 Å². The molecule has 0 aromatic rings. The number of fused-ring (bicyclic) bond motifs is 3. The first-order valence-electron chi connectivity index (χ1n) is 6.15. The van der Waals surface area contributed by atoms with Crippen LogP contribution in [-0.2, 0) is 0 Å². The summed E-state index contributed by atoms with van der Waals surface area (Å²) >= 11 is 0. The Hall–Kier alpha value is -0.120. The Balaban J connectivity index is 1.95. The van der Waals surface area contributed by atoms with Crippen molar-refractivity contribution in [1.82, 2.24) is 0 Å². The van der Waals surface area contributed by atoms with Crippen molar-refractivity contribution in [3.8, 4) is 0 Å². The van der Waals surface area contributed by atoms with Gasteiger partial charge in [0.1, 0.15) is 39.3 Å². The van der Waals surface area contributed by atoms with Gasteiger partial charge in [0.25, 0.3) is 0 Å². The molecule has 0 amide bonds. The molecule has 82 valence electrons. The van der Waals surface area contributed by atoms with Crippen LogP contribution in [0.2, 0.25) is 0 Å². The molecule has 0 aliphatic carbocycles. The van der Waals surface area contributed by atoms with Gasteiger partial charge in [-0.3, -0.25) is 0 Å². The molecule has 2 bridgehead atoms. The van der Waals surface area contributed by atoms with Crippen LogP contribution < -0.4 is 5.73 Å². The average molecular weight is 199 g/mol. The van der Waals surface area contributed by atoms with E-state index in [0.717, 1.165) is 6.54 Å². The normalized spacial score (nSPS) is 41.6. The first-order chi connectivity index (χ1) is 6.74. The summed E-state index contributed by atoms with van der Waals surface area (Å²) < 4.78 is 2.79. The molecule has 3 heteroatoms. The summed E-state index contributed by atoms with van der Waals surface area (Å²) in [4.78, 5) is 0. The zero-order valence-electron chi connectivity index (χ0n) is 9.54. The summed E-state index contributed by atoms with van der Waals surface area (Å²) in [6.45, 7) is 14.4. The minimum atomic E-state index is 0.869. The summed E-state index contributed by atoms with van der Waals surface area (Å²) in [5.41, 5.74) is 5.61. The fourth-order valence-electron chi connectivity index (χ4n) is 3.18. The van der Waals surface area contributed by atoms with Crippen molar-refractivity contribution < 1.29 is 8.97 Å². The third kappa shape index (κ3) is 1.69. The lowest BCUT2D eigenvalue weighted by Crippen LogP contribution is -2.75. The zero-order valence-corrected chi connectivity index (χ0v) is 9.54. The topological polar surface area (TPSA) is 26.0 Å². The molecule has 3 nitrogen and oxygen atoms in total. The van der Waals surface area contributed by atoms with Crippen molar-refractivity contribution in [2.45, 2.75) is 13.3 Å². The molecule has 0 aromatic heterocycles. The van der Waals surface area contributed by atoms with E-state index < -0.39 is 0 Å². The quantitative estimate of drug-likeness (QED) is 0.635. The van der Waals surface area contributed by atoms with Crippen molar-refractivity contribution >= 4 is 0 Å². The van der Waals surface area contributed by atoms with Gasteiger partial charge in [-0.05, 0) is 13.5 Å². The van der Waals surface area contributed by atoms with Gasteiger partial charge in [0.05, 0.1) is 13.1 Å². The number of rotatable bonds is 4. The predicted octanol–water partition coefficient (Wildman–Crippen LogP) is 0.0159. The molecule has 0 unspecified atom stereocenters. The SMILES string of the molecule is CC[N+]12CC[N+](CCCN)(CC1)CC2. The van der Waals surface area contributed by atoms with Crippen LogP contribution in [0.1, 0.15) is 13.3 Å². The highest BCUT2D eigenvalue weighted by Gasteiger charge is 2.47. The molecule has 0 atom stereocenters. The Bertz CT molecular complexity index is 178. The molecule has 3 rings (SSSR count). The van der Waals surface area contributed by atoms with Gasteiger partial charge in [0.15, 0.2) is 0 Å². The molecule has 3 aliphatic rings. The minimum Gasteiger partial charge on any atom is -0.330 e. The summed E-state index contributed by atoms with van der Waals surface area (Å²) in [5, 5.41) is 0. The van der Waals surface area contributed by atoms with Gasteiger partial charge in [-0.25, -0.2) is 0 Å². The molecule has 3 fully saturated rings. The molecule has 0 spiro atoms. The van der Waals surface area contributed by atoms with Crippen LogP contribution in [-0.4, -0.2) is 67.9 Å². The lowest BCUT2D eigenvalue weighted by molar-refractivity contribution is -1.08. The third-order valence-electron chi connectivity index (χ3n) is 4.65. The largest absolute Gasteiger partial charge is 0.330 e. The second-order valence-corrected chi connectivity index (χ2v) is 5.21. The van der Waals surface area contributed by atoms with Gasteiger partial charge in [0.2, 0.25) is 0 Å². The number of piperazine rings is 3. The molecule has 3 heterocycles. The lowest BCUT2D eigenvalue weighted by atomic mass is 10.1. The van der Waals surface area contributed by atoms with E-state index in [-0.39, 0.29) is 0 Å². The van der Waals surface area contributed by atoms with Crippen molar-refractivity contribution in [3.63, 3.8) is 0 Å². The van der Waals surface area contributed by atoms with E-state index in [1.807, 2.05) is 0 Å². The smallest absolute Gasteiger partial charge is 0.129 e. The van der Waals surface area contributed by atoms with E-state index in [2.05, 4.69) is 6.92 Å². The predicted molar refractivity (Wildman–Crippen MR) is 58.8 cm³/mol. The average Bonchev–Trinajstić information content (AvgIpc) is 2.29. The number of hydrogen-bond donors (Lipinski definition) is 1. The number of nitrogens with two attached hydrogens (primary N) is 1. The maximum atomic E-state index is 5.61. The standard InChI is InChI=1S/C11H25N3/c1-2-13-6-9-14(10-7-13,11-8-13)5-3-4-12/h2-12H2,1H3/q+2. The van der Waals surface area contributed by atoms with Crippen LogP contribution in [0.15, 0.2) is 0 Å². The van der Waals surface area contributed by atoms with Gasteiger partial charge in [-0.2, -0.15) is 0 Å². The second kappa shape index (κ2) is 3.80. The Morgan fingerprint density at radius 1 is 0.929 bits per heavy atom.